The number of ether oxygens (including phenoxy) is 3. The number of rotatable bonds is 11. The monoisotopic (exact) mass is 468 g/mol. The van der Waals surface area contributed by atoms with Crippen LogP contribution in [0.4, 0.5) is 0 Å². The van der Waals surface area contributed by atoms with Crippen LogP contribution < -0.4 is 19.5 Å². The summed E-state index contributed by atoms with van der Waals surface area (Å²) >= 11 is 0. The van der Waals surface area contributed by atoms with Gasteiger partial charge < -0.3 is 24.4 Å². The summed E-state index contributed by atoms with van der Waals surface area (Å²) in [5.41, 5.74) is 2.11. The van der Waals surface area contributed by atoms with Crippen molar-refractivity contribution in [2.24, 2.45) is 0 Å². The third-order valence-electron chi connectivity index (χ3n) is 6.25. The van der Waals surface area contributed by atoms with Crippen LogP contribution in [0.5, 0.6) is 17.2 Å². The lowest BCUT2D eigenvalue weighted by Gasteiger charge is -2.31. The maximum atomic E-state index is 13.4. The summed E-state index contributed by atoms with van der Waals surface area (Å²) in [5, 5.41) is 3.16. The summed E-state index contributed by atoms with van der Waals surface area (Å²) in [6, 6.07) is 12.8. The molecule has 3 rings (SSSR count). The first kappa shape index (κ1) is 25.4. The van der Waals surface area contributed by atoms with Gasteiger partial charge in [-0.2, -0.15) is 0 Å². The number of hydrogen-bond donors (Lipinski definition) is 1. The Bertz CT molecular complexity index is 932. The first-order chi connectivity index (χ1) is 16.4. The zero-order valence-electron chi connectivity index (χ0n) is 20.6. The van der Waals surface area contributed by atoms with E-state index in [2.05, 4.69) is 5.32 Å². The summed E-state index contributed by atoms with van der Waals surface area (Å²) in [6.45, 7) is 4.09. The van der Waals surface area contributed by atoms with E-state index in [1.54, 1.807) is 37.3 Å². The molecule has 1 saturated carbocycles. The predicted molar refractivity (Wildman–Crippen MR) is 131 cm³/mol. The lowest BCUT2D eigenvalue weighted by atomic mass is 10.1. The standard InChI is InChI=1S/C27H36N2O5/c1-5-25(27(31)28-21-8-6-7-9-21)29(17-20-12-10-19(2)11-13-20)26(30)18-34-24-15-22(32-3)14-23(16-24)33-4/h10-16,21,25H,5-9,17-18H2,1-4H3,(H,28,31)/t25-/m1/s1. The van der Waals surface area contributed by atoms with E-state index in [4.69, 9.17) is 14.2 Å². The average molecular weight is 469 g/mol. The van der Waals surface area contributed by atoms with Gasteiger partial charge in [0.2, 0.25) is 5.91 Å². The van der Waals surface area contributed by atoms with Crippen LogP contribution in [-0.2, 0) is 16.1 Å². The minimum absolute atomic E-state index is 0.0992. The van der Waals surface area contributed by atoms with Crippen LogP contribution in [0.2, 0.25) is 0 Å². The SMILES string of the molecule is CC[C@H](C(=O)NC1CCCC1)N(Cc1ccc(C)cc1)C(=O)COc1cc(OC)cc(OC)c1. The van der Waals surface area contributed by atoms with E-state index in [1.165, 1.54) is 0 Å². The van der Waals surface area contributed by atoms with E-state index in [0.717, 1.165) is 36.8 Å². The Balaban J connectivity index is 1.77. The summed E-state index contributed by atoms with van der Waals surface area (Å²) in [5.74, 6) is 1.25. The molecule has 0 saturated heterocycles. The van der Waals surface area contributed by atoms with Crippen LogP contribution >= 0.6 is 0 Å². The number of nitrogens with one attached hydrogen (secondary N) is 1. The highest BCUT2D eigenvalue weighted by atomic mass is 16.5. The number of amides is 2. The molecule has 0 radical (unpaired) electrons. The number of methoxy groups -OCH3 is 2. The molecule has 0 unspecified atom stereocenters. The zero-order chi connectivity index (χ0) is 24.5. The average Bonchev–Trinajstić information content (AvgIpc) is 3.36. The largest absolute Gasteiger partial charge is 0.496 e. The normalized spacial score (nSPS) is 14.4. The van der Waals surface area contributed by atoms with Gasteiger partial charge in [0.1, 0.15) is 23.3 Å². The first-order valence-corrected chi connectivity index (χ1v) is 11.9. The second-order valence-corrected chi connectivity index (χ2v) is 8.76. The minimum atomic E-state index is -0.571. The second-order valence-electron chi connectivity index (χ2n) is 8.76. The molecule has 184 valence electrons. The predicted octanol–water partition coefficient (Wildman–Crippen LogP) is 4.26. The smallest absolute Gasteiger partial charge is 0.261 e. The van der Waals surface area contributed by atoms with Crippen LogP contribution in [0.25, 0.3) is 0 Å². The van der Waals surface area contributed by atoms with Gasteiger partial charge in [-0.05, 0) is 31.7 Å². The van der Waals surface area contributed by atoms with Crippen LogP contribution in [0.3, 0.4) is 0 Å². The number of aryl methyl sites for hydroxylation is 1. The van der Waals surface area contributed by atoms with Crippen molar-refractivity contribution in [3.05, 3.63) is 53.6 Å². The molecule has 1 atom stereocenters. The number of carbonyl (C=O) groups excluding carboxylic acids is 2. The second kappa shape index (κ2) is 12.3. The van der Waals surface area contributed by atoms with E-state index in [-0.39, 0.29) is 24.5 Å². The Labute approximate surface area is 202 Å². The number of hydrogen-bond acceptors (Lipinski definition) is 5. The molecule has 2 aromatic carbocycles. The van der Waals surface area contributed by atoms with Crippen molar-refractivity contribution < 1.29 is 23.8 Å². The van der Waals surface area contributed by atoms with E-state index in [0.29, 0.717) is 30.2 Å². The summed E-state index contributed by atoms with van der Waals surface area (Å²) in [4.78, 5) is 28.2. The van der Waals surface area contributed by atoms with Crippen LogP contribution in [0.1, 0.15) is 50.2 Å². The third kappa shape index (κ3) is 6.89. The van der Waals surface area contributed by atoms with Crippen molar-refractivity contribution in [3.63, 3.8) is 0 Å². The van der Waals surface area contributed by atoms with Gasteiger partial charge in [-0.1, -0.05) is 49.6 Å². The number of nitrogens with zero attached hydrogens (tertiary/aromatic N) is 1. The van der Waals surface area contributed by atoms with E-state index in [1.807, 2.05) is 38.1 Å². The molecule has 34 heavy (non-hydrogen) atoms. The Morgan fingerprint density at radius 2 is 1.59 bits per heavy atom. The van der Waals surface area contributed by atoms with Crippen molar-refractivity contribution in [3.8, 4) is 17.2 Å². The molecule has 1 fully saturated rings. The third-order valence-corrected chi connectivity index (χ3v) is 6.25. The topological polar surface area (TPSA) is 77.1 Å². The summed E-state index contributed by atoms with van der Waals surface area (Å²) in [6.07, 6.45) is 4.77. The maximum Gasteiger partial charge on any atom is 0.261 e. The number of benzene rings is 2. The highest BCUT2D eigenvalue weighted by molar-refractivity contribution is 5.88. The van der Waals surface area contributed by atoms with Gasteiger partial charge in [-0.15, -0.1) is 0 Å². The van der Waals surface area contributed by atoms with Gasteiger partial charge in [-0.3, -0.25) is 9.59 Å². The number of carbonyl (C=O) groups is 2. The minimum Gasteiger partial charge on any atom is -0.496 e. The van der Waals surface area contributed by atoms with Crippen molar-refractivity contribution in [1.82, 2.24) is 10.2 Å². The molecule has 1 N–H and O–H groups in total. The fourth-order valence-corrected chi connectivity index (χ4v) is 4.27. The quantitative estimate of drug-likeness (QED) is 0.533. The zero-order valence-corrected chi connectivity index (χ0v) is 20.6. The molecule has 7 heteroatoms. The van der Waals surface area contributed by atoms with Crippen molar-refractivity contribution in [2.75, 3.05) is 20.8 Å². The van der Waals surface area contributed by atoms with Crippen LogP contribution in [-0.4, -0.2) is 49.6 Å². The molecule has 0 spiro atoms. The van der Waals surface area contributed by atoms with Gasteiger partial charge in [0.05, 0.1) is 14.2 Å². The van der Waals surface area contributed by atoms with Gasteiger partial charge >= 0.3 is 0 Å². The van der Waals surface area contributed by atoms with Crippen LogP contribution in [0.15, 0.2) is 42.5 Å². The molecular formula is C27H36N2O5. The maximum absolute atomic E-state index is 13.4. The molecule has 0 aliphatic heterocycles. The van der Waals surface area contributed by atoms with Gasteiger partial charge in [0, 0.05) is 30.8 Å². The Morgan fingerprint density at radius 3 is 2.15 bits per heavy atom. The van der Waals surface area contributed by atoms with Gasteiger partial charge in [0.15, 0.2) is 6.61 Å². The van der Waals surface area contributed by atoms with Crippen molar-refractivity contribution in [2.45, 2.75) is 64.6 Å². The lowest BCUT2D eigenvalue weighted by Crippen LogP contribution is -2.52. The van der Waals surface area contributed by atoms with E-state index >= 15 is 0 Å². The molecule has 7 nitrogen and oxygen atoms in total. The summed E-state index contributed by atoms with van der Waals surface area (Å²) in [7, 11) is 3.11. The van der Waals surface area contributed by atoms with Crippen LogP contribution in [0, 0.1) is 6.92 Å². The molecular weight excluding hydrogens is 432 g/mol. The highest BCUT2D eigenvalue weighted by Crippen LogP contribution is 2.27. The van der Waals surface area contributed by atoms with Gasteiger partial charge in [0.25, 0.3) is 5.91 Å². The Morgan fingerprint density at radius 1 is 1.00 bits per heavy atom. The van der Waals surface area contributed by atoms with Crippen molar-refractivity contribution in [1.29, 1.82) is 0 Å². The molecule has 0 bridgehead atoms. The lowest BCUT2D eigenvalue weighted by molar-refractivity contribution is -0.143. The molecule has 1 aliphatic carbocycles. The molecule has 0 heterocycles. The first-order valence-electron chi connectivity index (χ1n) is 11.9. The highest BCUT2D eigenvalue weighted by Gasteiger charge is 2.30. The summed E-state index contributed by atoms with van der Waals surface area (Å²) < 4.78 is 16.4. The fourth-order valence-electron chi connectivity index (χ4n) is 4.27. The van der Waals surface area contributed by atoms with Gasteiger partial charge in [-0.25, -0.2) is 0 Å². The molecule has 1 aliphatic rings. The van der Waals surface area contributed by atoms with E-state index in [9.17, 15) is 9.59 Å². The van der Waals surface area contributed by atoms with E-state index < -0.39 is 6.04 Å². The molecule has 0 aromatic heterocycles. The molecule has 2 amide bonds. The Kier molecular flexibility index (Phi) is 9.19. The van der Waals surface area contributed by atoms with Crippen molar-refractivity contribution >= 4 is 11.8 Å². The molecule has 2 aromatic rings. The Hall–Kier alpha value is -3.22. The fraction of sp³-hybridized carbons (Fsp3) is 0.481.